The van der Waals surface area contributed by atoms with Gasteiger partial charge in [-0.3, -0.25) is 13.9 Å². The van der Waals surface area contributed by atoms with Gasteiger partial charge in [-0.15, -0.1) is 0 Å². The van der Waals surface area contributed by atoms with Crippen molar-refractivity contribution in [2.24, 2.45) is 0 Å². The Hall–Kier alpha value is -2.94. The lowest BCUT2D eigenvalue weighted by atomic mass is 10.1. The number of nitrogens with zero attached hydrogens (tertiary/aromatic N) is 2. The standard InChI is InChI=1S/C24H32FN3O4S/c1-5-6-15-26-24(30)19(3)27(16-20-11-13-21(25)14-12-20)23(29)17-28(33(4,31)32)22-10-8-7-9-18(22)2/h7-14,19H,5-6,15-17H2,1-4H3,(H,26,30)/t19-/m1/s1. The number of halogens is 1. The molecule has 0 saturated carbocycles. The summed E-state index contributed by atoms with van der Waals surface area (Å²) in [6.07, 6.45) is 2.75. The van der Waals surface area contributed by atoms with E-state index in [1.165, 1.54) is 29.2 Å². The Kier molecular flexibility index (Phi) is 9.40. The van der Waals surface area contributed by atoms with Gasteiger partial charge >= 0.3 is 0 Å². The van der Waals surface area contributed by atoms with Gasteiger partial charge in [0.2, 0.25) is 21.8 Å². The van der Waals surface area contributed by atoms with Crippen molar-refractivity contribution in [2.45, 2.75) is 46.2 Å². The third-order valence-corrected chi connectivity index (χ3v) is 6.45. The lowest BCUT2D eigenvalue weighted by Crippen LogP contribution is -2.51. The van der Waals surface area contributed by atoms with Gasteiger partial charge in [-0.25, -0.2) is 12.8 Å². The molecule has 1 N–H and O–H groups in total. The van der Waals surface area contributed by atoms with E-state index in [0.717, 1.165) is 23.4 Å². The zero-order valence-electron chi connectivity index (χ0n) is 19.5. The highest BCUT2D eigenvalue weighted by atomic mass is 32.2. The molecule has 0 radical (unpaired) electrons. The lowest BCUT2D eigenvalue weighted by molar-refractivity contribution is -0.139. The third kappa shape index (κ3) is 7.56. The van der Waals surface area contributed by atoms with Gasteiger partial charge in [0.15, 0.2) is 0 Å². The van der Waals surface area contributed by atoms with Crippen molar-refractivity contribution in [1.82, 2.24) is 10.2 Å². The molecule has 0 unspecified atom stereocenters. The number of sulfonamides is 1. The summed E-state index contributed by atoms with van der Waals surface area (Å²) < 4.78 is 39.5. The van der Waals surface area contributed by atoms with Crippen LogP contribution in [0.15, 0.2) is 48.5 Å². The predicted octanol–water partition coefficient (Wildman–Crippen LogP) is 3.23. The monoisotopic (exact) mass is 477 g/mol. The molecule has 0 bridgehead atoms. The summed E-state index contributed by atoms with van der Waals surface area (Å²) in [6.45, 7) is 5.42. The van der Waals surface area contributed by atoms with E-state index in [2.05, 4.69) is 5.32 Å². The first-order chi connectivity index (χ1) is 15.5. The molecule has 2 aromatic carbocycles. The Morgan fingerprint density at radius 2 is 1.73 bits per heavy atom. The molecule has 0 aliphatic rings. The van der Waals surface area contributed by atoms with E-state index < -0.39 is 34.3 Å². The van der Waals surface area contributed by atoms with Crippen LogP contribution in [0.1, 0.15) is 37.8 Å². The molecule has 0 spiro atoms. The molecular weight excluding hydrogens is 445 g/mol. The Balaban J connectivity index is 2.34. The summed E-state index contributed by atoms with van der Waals surface area (Å²) in [5.74, 6) is -1.28. The number of anilines is 1. The minimum absolute atomic E-state index is 0.0346. The third-order valence-electron chi connectivity index (χ3n) is 5.33. The average Bonchev–Trinajstić information content (AvgIpc) is 2.76. The second-order valence-corrected chi connectivity index (χ2v) is 9.93. The maximum Gasteiger partial charge on any atom is 0.244 e. The van der Waals surface area contributed by atoms with Crippen LogP contribution < -0.4 is 9.62 Å². The number of aryl methyl sites for hydroxylation is 1. The highest BCUT2D eigenvalue weighted by molar-refractivity contribution is 7.92. The largest absolute Gasteiger partial charge is 0.354 e. The summed E-state index contributed by atoms with van der Waals surface area (Å²) in [5.41, 5.74) is 1.72. The van der Waals surface area contributed by atoms with E-state index in [9.17, 15) is 22.4 Å². The van der Waals surface area contributed by atoms with E-state index >= 15 is 0 Å². The first-order valence-corrected chi connectivity index (χ1v) is 12.7. The maximum atomic E-state index is 13.4. The maximum absolute atomic E-state index is 13.4. The number of amides is 2. The van der Waals surface area contributed by atoms with E-state index in [0.29, 0.717) is 23.4 Å². The fourth-order valence-electron chi connectivity index (χ4n) is 3.34. The SMILES string of the molecule is CCCCNC(=O)[C@@H](C)N(Cc1ccc(F)cc1)C(=O)CN(c1ccccc1C)S(C)(=O)=O. The lowest BCUT2D eigenvalue weighted by Gasteiger charge is -2.32. The number of nitrogens with one attached hydrogen (secondary N) is 1. The molecule has 33 heavy (non-hydrogen) atoms. The predicted molar refractivity (Wildman–Crippen MR) is 128 cm³/mol. The quantitative estimate of drug-likeness (QED) is 0.504. The highest BCUT2D eigenvalue weighted by Crippen LogP contribution is 2.23. The molecule has 0 saturated heterocycles. The van der Waals surface area contributed by atoms with Gasteiger partial charge in [0.05, 0.1) is 11.9 Å². The smallest absolute Gasteiger partial charge is 0.244 e. The number of carbonyl (C=O) groups is 2. The van der Waals surface area contributed by atoms with Crippen molar-refractivity contribution in [3.05, 3.63) is 65.5 Å². The first-order valence-electron chi connectivity index (χ1n) is 10.9. The zero-order chi connectivity index (χ0) is 24.6. The zero-order valence-corrected chi connectivity index (χ0v) is 20.4. The minimum Gasteiger partial charge on any atom is -0.354 e. The summed E-state index contributed by atoms with van der Waals surface area (Å²) in [6, 6.07) is 11.7. The first kappa shape index (κ1) is 26.3. The van der Waals surface area contributed by atoms with Crippen LogP contribution in [0, 0.1) is 12.7 Å². The fourth-order valence-corrected chi connectivity index (χ4v) is 4.25. The molecule has 9 heteroatoms. The van der Waals surface area contributed by atoms with Crippen molar-refractivity contribution >= 4 is 27.5 Å². The molecule has 0 heterocycles. The number of hydrogen-bond acceptors (Lipinski definition) is 4. The van der Waals surface area contributed by atoms with E-state index in [-0.39, 0.29) is 12.5 Å². The van der Waals surface area contributed by atoms with Crippen LogP contribution in [0.3, 0.4) is 0 Å². The number of para-hydroxylation sites is 1. The molecule has 0 aromatic heterocycles. The van der Waals surface area contributed by atoms with E-state index in [4.69, 9.17) is 0 Å². The van der Waals surface area contributed by atoms with Crippen molar-refractivity contribution < 1.29 is 22.4 Å². The second kappa shape index (κ2) is 11.8. The summed E-state index contributed by atoms with van der Waals surface area (Å²) in [4.78, 5) is 27.4. The summed E-state index contributed by atoms with van der Waals surface area (Å²) in [5, 5.41) is 2.81. The molecule has 0 aliphatic heterocycles. The highest BCUT2D eigenvalue weighted by Gasteiger charge is 2.30. The molecular formula is C24H32FN3O4S. The number of benzene rings is 2. The van der Waals surface area contributed by atoms with Gasteiger partial charge in [-0.05, 0) is 49.6 Å². The van der Waals surface area contributed by atoms with Gasteiger partial charge < -0.3 is 10.2 Å². The molecule has 0 fully saturated rings. The topological polar surface area (TPSA) is 86.8 Å². The second-order valence-electron chi connectivity index (χ2n) is 8.02. The molecule has 2 aromatic rings. The normalized spacial score (nSPS) is 12.2. The Morgan fingerprint density at radius 3 is 2.30 bits per heavy atom. The van der Waals surface area contributed by atoms with E-state index in [1.807, 2.05) is 6.92 Å². The van der Waals surface area contributed by atoms with Crippen LogP contribution in [0.2, 0.25) is 0 Å². The van der Waals surface area contributed by atoms with Crippen LogP contribution in [0.5, 0.6) is 0 Å². The molecule has 180 valence electrons. The number of rotatable bonds is 11. The van der Waals surface area contributed by atoms with Crippen LogP contribution in [-0.2, 0) is 26.2 Å². The van der Waals surface area contributed by atoms with Crippen LogP contribution in [0.25, 0.3) is 0 Å². The van der Waals surface area contributed by atoms with Crippen LogP contribution in [0.4, 0.5) is 10.1 Å². The summed E-state index contributed by atoms with van der Waals surface area (Å²) >= 11 is 0. The molecule has 2 amide bonds. The molecule has 1 atom stereocenters. The van der Waals surface area contributed by atoms with Crippen LogP contribution in [-0.4, -0.2) is 50.5 Å². The Labute approximate surface area is 195 Å². The van der Waals surface area contributed by atoms with E-state index in [1.54, 1.807) is 38.1 Å². The van der Waals surface area contributed by atoms with Crippen LogP contribution >= 0.6 is 0 Å². The Bertz CT molecular complexity index is 1060. The molecule has 0 aliphatic carbocycles. The number of unbranched alkanes of at least 4 members (excludes halogenated alkanes) is 1. The van der Waals surface area contributed by atoms with Gasteiger partial charge in [-0.1, -0.05) is 43.7 Å². The molecule has 7 nitrogen and oxygen atoms in total. The van der Waals surface area contributed by atoms with Crippen molar-refractivity contribution in [2.75, 3.05) is 23.7 Å². The number of hydrogen-bond donors (Lipinski definition) is 1. The molecule has 2 rings (SSSR count). The van der Waals surface area contributed by atoms with Gasteiger partial charge in [-0.2, -0.15) is 0 Å². The average molecular weight is 478 g/mol. The number of carbonyl (C=O) groups excluding carboxylic acids is 2. The van der Waals surface area contributed by atoms with Crippen molar-refractivity contribution in [1.29, 1.82) is 0 Å². The summed E-state index contributed by atoms with van der Waals surface area (Å²) in [7, 11) is -3.78. The fraction of sp³-hybridized carbons (Fsp3) is 0.417. The van der Waals surface area contributed by atoms with Crippen molar-refractivity contribution in [3.63, 3.8) is 0 Å². The van der Waals surface area contributed by atoms with Crippen molar-refractivity contribution in [3.8, 4) is 0 Å². The minimum atomic E-state index is -3.78. The van der Waals surface area contributed by atoms with Gasteiger partial charge in [0.25, 0.3) is 0 Å². The Morgan fingerprint density at radius 1 is 1.09 bits per heavy atom. The van der Waals surface area contributed by atoms with Gasteiger partial charge in [0, 0.05) is 13.1 Å². The van der Waals surface area contributed by atoms with Gasteiger partial charge in [0.1, 0.15) is 18.4 Å².